The third kappa shape index (κ3) is 2.35. The van der Waals surface area contributed by atoms with E-state index in [9.17, 15) is 4.79 Å². The van der Waals surface area contributed by atoms with Crippen LogP contribution in [0, 0.1) is 0 Å². The van der Waals surface area contributed by atoms with E-state index in [1.165, 1.54) is 24.9 Å². The van der Waals surface area contributed by atoms with Crippen LogP contribution in [0.5, 0.6) is 0 Å². The molecule has 0 aromatic carbocycles. The van der Waals surface area contributed by atoms with E-state index in [-0.39, 0.29) is 12.4 Å². The number of methoxy groups -OCH3 is 1. The fourth-order valence-corrected chi connectivity index (χ4v) is 3.40. The first kappa shape index (κ1) is 11.9. The summed E-state index contributed by atoms with van der Waals surface area (Å²) in [5.74, 6) is -0.255. The number of nitrogens with zero attached hydrogens (tertiary/aromatic N) is 1. The molecule has 1 N–H and O–H groups in total. The first-order valence-electron chi connectivity index (χ1n) is 6.18. The fraction of sp³-hybridized carbons (Fsp3) is 0.667. The second kappa shape index (κ2) is 4.85. The monoisotopic (exact) mass is 268 g/mol. The van der Waals surface area contributed by atoms with Gasteiger partial charge in [-0.3, -0.25) is 4.79 Å². The van der Waals surface area contributed by atoms with Gasteiger partial charge in [-0.25, -0.2) is 4.98 Å². The Kier molecular flexibility index (Phi) is 3.22. The van der Waals surface area contributed by atoms with E-state index in [0.29, 0.717) is 18.2 Å². The smallest absolute Gasteiger partial charge is 0.311 e. The molecule has 3 heterocycles. The van der Waals surface area contributed by atoms with Gasteiger partial charge in [0.2, 0.25) is 0 Å². The standard InChI is InChI=1S/C12H16N2O3S/c1-16-11(15)4-7-6-18-12(13-7)14-9-5-8-2-3-10(9)17-8/h6,8-10H,2-5H2,1H3,(H,13,14). The SMILES string of the molecule is COC(=O)Cc1csc(NC2CC3CCC2O3)n1. The number of fused-ring (bicyclic) bond motifs is 2. The van der Waals surface area contributed by atoms with Crippen molar-refractivity contribution in [3.63, 3.8) is 0 Å². The summed E-state index contributed by atoms with van der Waals surface area (Å²) in [5.41, 5.74) is 0.762. The minimum absolute atomic E-state index is 0.238. The van der Waals surface area contributed by atoms with Crippen LogP contribution in [0.1, 0.15) is 25.0 Å². The minimum Gasteiger partial charge on any atom is -0.469 e. The number of ether oxygens (including phenoxy) is 2. The molecule has 2 saturated heterocycles. The zero-order valence-electron chi connectivity index (χ0n) is 10.2. The molecule has 5 nitrogen and oxygen atoms in total. The summed E-state index contributed by atoms with van der Waals surface area (Å²) in [6, 6.07) is 0.376. The van der Waals surface area contributed by atoms with Gasteiger partial charge in [0.15, 0.2) is 5.13 Å². The highest BCUT2D eigenvalue weighted by molar-refractivity contribution is 7.13. The molecule has 2 bridgehead atoms. The molecule has 0 aliphatic carbocycles. The van der Waals surface area contributed by atoms with Crippen LogP contribution in [-0.2, 0) is 20.7 Å². The number of hydrogen-bond donors (Lipinski definition) is 1. The Morgan fingerprint density at radius 3 is 3.22 bits per heavy atom. The van der Waals surface area contributed by atoms with Crippen molar-refractivity contribution in [1.29, 1.82) is 0 Å². The van der Waals surface area contributed by atoms with Gasteiger partial charge in [-0.2, -0.15) is 0 Å². The van der Waals surface area contributed by atoms with Crippen LogP contribution in [0.15, 0.2) is 5.38 Å². The molecule has 1 aromatic rings. The van der Waals surface area contributed by atoms with Crippen molar-refractivity contribution in [3.8, 4) is 0 Å². The Hall–Kier alpha value is -1.14. The Bertz CT molecular complexity index is 448. The molecule has 0 saturated carbocycles. The molecule has 3 atom stereocenters. The van der Waals surface area contributed by atoms with Gasteiger partial charge in [-0.05, 0) is 19.3 Å². The van der Waals surface area contributed by atoms with Crippen molar-refractivity contribution in [3.05, 3.63) is 11.1 Å². The van der Waals surface area contributed by atoms with Gasteiger partial charge < -0.3 is 14.8 Å². The summed E-state index contributed by atoms with van der Waals surface area (Å²) >= 11 is 1.53. The zero-order valence-corrected chi connectivity index (χ0v) is 11.0. The summed E-state index contributed by atoms with van der Waals surface area (Å²) in [5, 5.41) is 6.18. The normalized spacial score (nSPS) is 29.5. The average Bonchev–Trinajstić information content (AvgIpc) is 3.06. The van der Waals surface area contributed by atoms with Crippen molar-refractivity contribution in [1.82, 2.24) is 4.98 Å². The van der Waals surface area contributed by atoms with E-state index in [2.05, 4.69) is 15.0 Å². The van der Waals surface area contributed by atoms with E-state index in [0.717, 1.165) is 23.7 Å². The van der Waals surface area contributed by atoms with E-state index in [1.807, 2.05) is 5.38 Å². The fourth-order valence-electron chi connectivity index (χ4n) is 2.62. The number of carbonyl (C=O) groups excluding carboxylic acids is 1. The lowest BCUT2D eigenvalue weighted by atomic mass is 9.96. The molecule has 18 heavy (non-hydrogen) atoms. The molecule has 0 amide bonds. The third-order valence-electron chi connectivity index (χ3n) is 3.52. The molecular formula is C12H16N2O3S. The quantitative estimate of drug-likeness (QED) is 0.840. The first-order chi connectivity index (χ1) is 8.74. The van der Waals surface area contributed by atoms with Crippen molar-refractivity contribution < 1.29 is 14.3 Å². The molecule has 0 spiro atoms. The van der Waals surface area contributed by atoms with Crippen molar-refractivity contribution in [2.45, 2.75) is 43.9 Å². The lowest BCUT2D eigenvalue weighted by molar-refractivity contribution is -0.139. The molecule has 2 aliphatic rings. The second-order valence-corrected chi connectivity index (χ2v) is 5.62. The number of carbonyl (C=O) groups is 1. The molecular weight excluding hydrogens is 252 g/mol. The molecule has 98 valence electrons. The van der Waals surface area contributed by atoms with Crippen molar-refractivity contribution in [2.24, 2.45) is 0 Å². The Labute approximate surface area is 110 Å². The highest BCUT2D eigenvalue weighted by Gasteiger charge is 2.40. The number of rotatable bonds is 4. The van der Waals surface area contributed by atoms with Gasteiger partial charge >= 0.3 is 5.97 Å². The maximum atomic E-state index is 11.1. The number of nitrogens with one attached hydrogen (secondary N) is 1. The minimum atomic E-state index is -0.255. The Balaban J connectivity index is 1.58. The van der Waals surface area contributed by atoms with Crippen molar-refractivity contribution in [2.75, 3.05) is 12.4 Å². The predicted octanol–water partition coefficient (Wildman–Crippen LogP) is 1.59. The maximum Gasteiger partial charge on any atom is 0.311 e. The highest BCUT2D eigenvalue weighted by atomic mass is 32.1. The van der Waals surface area contributed by atoms with E-state index in [4.69, 9.17) is 4.74 Å². The van der Waals surface area contributed by atoms with Crippen LogP contribution in [-0.4, -0.2) is 36.3 Å². The lowest BCUT2D eigenvalue weighted by Crippen LogP contribution is -2.30. The number of thiazole rings is 1. The molecule has 2 fully saturated rings. The summed E-state index contributed by atoms with van der Waals surface area (Å²) in [7, 11) is 1.39. The topological polar surface area (TPSA) is 60.5 Å². The van der Waals surface area contributed by atoms with Crippen molar-refractivity contribution >= 4 is 22.4 Å². The predicted molar refractivity (Wildman–Crippen MR) is 67.8 cm³/mol. The van der Waals surface area contributed by atoms with Crippen LogP contribution in [0.2, 0.25) is 0 Å². The van der Waals surface area contributed by atoms with Gasteiger partial charge in [-0.1, -0.05) is 0 Å². The van der Waals surface area contributed by atoms with Gasteiger partial charge in [0.25, 0.3) is 0 Å². The highest BCUT2D eigenvalue weighted by Crippen LogP contribution is 2.36. The van der Waals surface area contributed by atoms with Crippen LogP contribution in [0.25, 0.3) is 0 Å². The molecule has 3 rings (SSSR count). The summed E-state index contributed by atoms with van der Waals surface area (Å²) in [6.07, 6.45) is 4.40. The second-order valence-electron chi connectivity index (χ2n) is 4.76. The molecule has 6 heteroatoms. The number of hydrogen-bond acceptors (Lipinski definition) is 6. The number of anilines is 1. The molecule has 1 aromatic heterocycles. The Morgan fingerprint density at radius 2 is 2.56 bits per heavy atom. The number of esters is 1. The molecule has 0 radical (unpaired) electrons. The molecule has 2 aliphatic heterocycles. The summed E-state index contributed by atoms with van der Waals surface area (Å²) in [4.78, 5) is 15.5. The first-order valence-corrected chi connectivity index (χ1v) is 7.06. The zero-order chi connectivity index (χ0) is 12.5. The Morgan fingerprint density at radius 1 is 1.67 bits per heavy atom. The van der Waals surface area contributed by atoms with Crippen LogP contribution in [0.4, 0.5) is 5.13 Å². The van der Waals surface area contributed by atoms with Gasteiger partial charge in [-0.15, -0.1) is 11.3 Å². The summed E-state index contributed by atoms with van der Waals surface area (Å²) in [6.45, 7) is 0. The third-order valence-corrected chi connectivity index (χ3v) is 4.34. The number of aromatic nitrogens is 1. The van der Waals surface area contributed by atoms with Crippen LogP contribution < -0.4 is 5.32 Å². The maximum absolute atomic E-state index is 11.1. The van der Waals surface area contributed by atoms with Gasteiger partial charge in [0.05, 0.1) is 37.5 Å². The van der Waals surface area contributed by atoms with Crippen LogP contribution in [0.3, 0.4) is 0 Å². The lowest BCUT2D eigenvalue weighted by Gasteiger charge is -2.19. The van der Waals surface area contributed by atoms with Gasteiger partial charge in [0, 0.05) is 5.38 Å². The average molecular weight is 268 g/mol. The largest absolute Gasteiger partial charge is 0.469 e. The van der Waals surface area contributed by atoms with E-state index >= 15 is 0 Å². The van der Waals surface area contributed by atoms with E-state index in [1.54, 1.807) is 0 Å². The molecule has 3 unspecified atom stereocenters. The van der Waals surface area contributed by atoms with E-state index < -0.39 is 0 Å². The van der Waals surface area contributed by atoms with Crippen LogP contribution >= 0.6 is 11.3 Å². The summed E-state index contributed by atoms with van der Waals surface area (Å²) < 4.78 is 10.4. The van der Waals surface area contributed by atoms with Gasteiger partial charge in [0.1, 0.15) is 0 Å².